The Labute approximate surface area is 121 Å². The third-order valence-electron chi connectivity index (χ3n) is 3.19. The number of carbonyl (C=O) groups is 2. The molecule has 0 saturated heterocycles. The average molecular weight is 284 g/mol. The van der Waals surface area contributed by atoms with Gasteiger partial charge in [-0.15, -0.1) is 0 Å². The largest absolute Gasteiger partial charge is 0.497 e. The Kier molecular flexibility index (Phi) is 3.31. The number of methoxy groups -OCH3 is 1. The van der Waals surface area contributed by atoms with Gasteiger partial charge in [0.25, 0.3) is 6.29 Å². The molecule has 0 saturated carbocycles. The van der Waals surface area contributed by atoms with Gasteiger partial charge < -0.3 is 14.2 Å². The summed E-state index contributed by atoms with van der Waals surface area (Å²) in [5.74, 6) is -0.408. The zero-order chi connectivity index (χ0) is 14.8. The minimum absolute atomic E-state index is 0.358. The maximum atomic E-state index is 12.1. The summed E-state index contributed by atoms with van der Waals surface area (Å²) in [5.41, 5.74) is 1.34. The van der Waals surface area contributed by atoms with Gasteiger partial charge >= 0.3 is 11.9 Å². The molecule has 0 aliphatic carbocycles. The molecule has 0 radical (unpaired) electrons. The fourth-order valence-electron chi connectivity index (χ4n) is 2.09. The molecule has 0 amide bonds. The number of carbonyl (C=O) groups excluding carboxylic acids is 2. The van der Waals surface area contributed by atoms with Gasteiger partial charge in [-0.05, 0) is 30.3 Å². The van der Waals surface area contributed by atoms with Crippen molar-refractivity contribution in [1.82, 2.24) is 0 Å². The molecule has 2 aromatic rings. The van der Waals surface area contributed by atoms with Crippen LogP contribution in [0.15, 0.2) is 48.5 Å². The Morgan fingerprint density at radius 1 is 1.10 bits per heavy atom. The molecule has 0 unspecified atom stereocenters. The first kappa shape index (κ1) is 13.2. The van der Waals surface area contributed by atoms with Gasteiger partial charge in [0.05, 0.1) is 18.2 Å². The maximum Gasteiger partial charge on any atom is 0.342 e. The Morgan fingerprint density at radius 3 is 2.52 bits per heavy atom. The molecule has 1 atom stereocenters. The Bertz CT molecular complexity index is 690. The van der Waals surface area contributed by atoms with Gasteiger partial charge in [-0.3, -0.25) is 0 Å². The molecule has 0 N–H and O–H groups in total. The normalized spacial score (nSPS) is 16.0. The van der Waals surface area contributed by atoms with Crippen LogP contribution in [0.2, 0.25) is 0 Å². The number of hydrogen-bond donors (Lipinski definition) is 0. The molecule has 3 rings (SSSR count). The zero-order valence-corrected chi connectivity index (χ0v) is 11.2. The molecular formula is C16H12O5. The number of benzene rings is 2. The number of fused-ring (bicyclic) bond motifs is 1. The van der Waals surface area contributed by atoms with Crippen LogP contribution in [0.4, 0.5) is 0 Å². The van der Waals surface area contributed by atoms with Crippen molar-refractivity contribution in [2.75, 3.05) is 7.11 Å². The third-order valence-corrected chi connectivity index (χ3v) is 3.19. The molecule has 0 fully saturated rings. The number of cyclic esters (lactones) is 1. The second-order valence-corrected chi connectivity index (χ2v) is 4.46. The van der Waals surface area contributed by atoms with Crippen molar-refractivity contribution < 1.29 is 23.8 Å². The molecule has 1 aliphatic heterocycles. The minimum atomic E-state index is -0.997. The number of ether oxygens (including phenoxy) is 3. The van der Waals surface area contributed by atoms with Crippen molar-refractivity contribution in [2.24, 2.45) is 0 Å². The van der Waals surface area contributed by atoms with Crippen LogP contribution < -0.4 is 4.74 Å². The molecule has 0 aromatic heterocycles. The third kappa shape index (κ3) is 2.45. The molecule has 0 bridgehead atoms. The molecule has 1 aliphatic rings. The fourth-order valence-corrected chi connectivity index (χ4v) is 2.09. The average Bonchev–Trinajstić information content (AvgIpc) is 2.84. The van der Waals surface area contributed by atoms with Crippen molar-refractivity contribution in [1.29, 1.82) is 0 Å². The summed E-state index contributed by atoms with van der Waals surface area (Å²) in [6.45, 7) is 0. The lowest BCUT2D eigenvalue weighted by Crippen LogP contribution is -2.11. The molecule has 0 spiro atoms. The lowest BCUT2D eigenvalue weighted by molar-refractivity contribution is -0.0724. The predicted octanol–water partition coefficient (Wildman–Crippen LogP) is 2.72. The molecular weight excluding hydrogens is 272 g/mol. The van der Waals surface area contributed by atoms with Crippen LogP contribution in [-0.2, 0) is 9.47 Å². The van der Waals surface area contributed by atoms with Crippen molar-refractivity contribution in [2.45, 2.75) is 6.29 Å². The van der Waals surface area contributed by atoms with E-state index in [2.05, 4.69) is 0 Å². The number of esters is 2. The van der Waals surface area contributed by atoms with E-state index in [0.717, 1.165) is 0 Å². The van der Waals surface area contributed by atoms with Crippen LogP contribution in [0.25, 0.3) is 0 Å². The van der Waals surface area contributed by atoms with E-state index in [1.165, 1.54) is 0 Å². The summed E-state index contributed by atoms with van der Waals surface area (Å²) in [5, 5.41) is 0. The van der Waals surface area contributed by atoms with Crippen LogP contribution in [0, 0.1) is 0 Å². The summed E-state index contributed by atoms with van der Waals surface area (Å²) in [6, 6.07) is 13.3. The van der Waals surface area contributed by atoms with Crippen LogP contribution in [-0.4, -0.2) is 19.0 Å². The highest BCUT2D eigenvalue weighted by Crippen LogP contribution is 2.31. The lowest BCUT2D eigenvalue weighted by Gasteiger charge is -2.12. The van der Waals surface area contributed by atoms with E-state index in [9.17, 15) is 9.59 Å². The maximum absolute atomic E-state index is 12.1. The molecule has 106 valence electrons. The fraction of sp³-hybridized carbons (Fsp3) is 0.125. The highest BCUT2D eigenvalue weighted by Gasteiger charge is 2.33. The van der Waals surface area contributed by atoms with E-state index < -0.39 is 18.2 Å². The highest BCUT2D eigenvalue weighted by atomic mass is 16.7. The first-order chi connectivity index (χ1) is 10.2. The van der Waals surface area contributed by atoms with E-state index in [0.29, 0.717) is 22.4 Å². The standard InChI is InChI=1S/C16H12O5/c1-19-11-8-6-10(7-9-11)14(17)20-16-13-5-3-2-4-12(13)15(18)21-16/h2-9,16H,1H3/t16-/m0/s1. The van der Waals surface area contributed by atoms with Gasteiger partial charge in [0.2, 0.25) is 0 Å². The van der Waals surface area contributed by atoms with Gasteiger partial charge in [0.1, 0.15) is 5.75 Å². The quantitative estimate of drug-likeness (QED) is 0.811. The monoisotopic (exact) mass is 284 g/mol. The Hall–Kier alpha value is -2.82. The number of hydrogen-bond acceptors (Lipinski definition) is 5. The van der Waals surface area contributed by atoms with E-state index in [4.69, 9.17) is 14.2 Å². The van der Waals surface area contributed by atoms with Crippen molar-refractivity contribution in [3.8, 4) is 5.75 Å². The van der Waals surface area contributed by atoms with Crippen LogP contribution in [0.3, 0.4) is 0 Å². The van der Waals surface area contributed by atoms with Gasteiger partial charge in [-0.2, -0.15) is 0 Å². The van der Waals surface area contributed by atoms with Gasteiger partial charge in [-0.1, -0.05) is 18.2 Å². The minimum Gasteiger partial charge on any atom is -0.497 e. The summed E-state index contributed by atoms with van der Waals surface area (Å²) in [7, 11) is 1.54. The van der Waals surface area contributed by atoms with Gasteiger partial charge in [0, 0.05) is 5.56 Å². The molecule has 5 nitrogen and oxygen atoms in total. The smallest absolute Gasteiger partial charge is 0.342 e. The van der Waals surface area contributed by atoms with Crippen molar-refractivity contribution in [3.05, 3.63) is 65.2 Å². The van der Waals surface area contributed by atoms with Crippen molar-refractivity contribution in [3.63, 3.8) is 0 Å². The van der Waals surface area contributed by atoms with E-state index in [1.807, 2.05) is 0 Å². The SMILES string of the molecule is COc1ccc(C(=O)O[C@H]2OC(=O)c3ccccc32)cc1. The lowest BCUT2D eigenvalue weighted by atomic mass is 10.1. The topological polar surface area (TPSA) is 61.8 Å². The Morgan fingerprint density at radius 2 is 1.81 bits per heavy atom. The summed E-state index contributed by atoms with van der Waals surface area (Å²) >= 11 is 0. The Balaban J connectivity index is 1.78. The van der Waals surface area contributed by atoms with Gasteiger partial charge in [0.15, 0.2) is 0 Å². The first-order valence-corrected chi connectivity index (χ1v) is 6.34. The molecule has 21 heavy (non-hydrogen) atoms. The summed E-state index contributed by atoms with van der Waals surface area (Å²) in [6.07, 6.45) is -0.997. The second-order valence-electron chi connectivity index (χ2n) is 4.46. The second kappa shape index (κ2) is 5.28. The van der Waals surface area contributed by atoms with Crippen LogP contribution in [0.5, 0.6) is 5.75 Å². The van der Waals surface area contributed by atoms with Crippen LogP contribution in [0.1, 0.15) is 32.6 Å². The molecule has 2 aromatic carbocycles. The summed E-state index contributed by atoms with van der Waals surface area (Å²) < 4.78 is 15.3. The highest BCUT2D eigenvalue weighted by molar-refractivity contribution is 5.95. The summed E-state index contributed by atoms with van der Waals surface area (Å²) in [4.78, 5) is 23.7. The van der Waals surface area contributed by atoms with E-state index in [1.54, 1.807) is 55.6 Å². The van der Waals surface area contributed by atoms with E-state index >= 15 is 0 Å². The van der Waals surface area contributed by atoms with Gasteiger partial charge in [-0.25, -0.2) is 9.59 Å². The predicted molar refractivity (Wildman–Crippen MR) is 73.0 cm³/mol. The first-order valence-electron chi connectivity index (χ1n) is 6.34. The van der Waals surface area contributed by atoms with E-state index in [-0.39, 0.29) is 0 Å². The number of rotatable bonds is 3. The van der Waals surface area contributed by atoms with Crippen LogP contribution >= 0.6 is 0 Å². The van der Waals surface area contributed by atoms with Crippen molar-refractivity contribution >= 4 is 11.9 Å². The molecule has 1 heterocycles. The zero-order valence-electron chi connectivity index (χ0n) is 11.2. The molecule has 5 heteroatoms.